The number of carbonyl (C=O) groups excluding carboxylic acids is 1. The first-order valence-electron chi connectivity index (χ1n) is 6.74. The molecule has 1 fully saturated rings. The molecule has 0 saturated carbocycles. The van der Waals surface area contributed by atoms with Gasteiger partial charge in [0, 0.05) is 37.7 Å². The molecule has 1 aliphatic heterocycles. The Labute approximate surface area is 123 Å². The maximum absolute atomic E-state index is 12.1. The standard InChI is InChI=1S/C14H20ClN3O2/c1-9-12(14(15)17(3)16-9)4-5-13(20)18-7-6-11(8-18)10(2)19/h4-5,10-11,19H,6-8H2,1-3H3/b5-4+. The van der Waals surface area contributed by atoms with Crippen molar-refractivity contribution >= 4 is 23.6 Å². The van der Waals surface area contributed by atoms with Gasteiger partial charge in [-0.1, -0.05) is 11.6 Å². The highest BCUT2D eigenvalue weighted by atomic mass is 35.5. The van der Waals surface area contributed by atoms with Crippen LogP contribution in [0.1, 0.15) is 24.6 Å². The van der Waals surface area contributed by atoms with Gasteiger partial charge in [-0.3, -0.25) is 9.48 Å². The summed E-state index contributed by atoms with van der Waals surface area (Å²) in [6, 6.07) is 0. The lowest BCUT2D eigenvalue weighted by Crippen LogP contribution is -2.28. The molecule has 1 aliphatic rings. The topological polar surface area (TPSA) is 58.4 Å². The zero-order valence-electron chi connectivity index (χ0n) is 12.0. The van der Waals surface area contributed by atoms with E-state index in [0.29, 0.717) is 18.2 Å². The van der Waals surface area contributed by atoms with E-state index in [-0.39, 0.29) is 17.9 Å². The molecule has 1 saturated heterocycles. The van der Waals surface area contributed by atoms with E-state index in [0.717, 1.165) is 17.7 Å². The van der Waals surface area contributed by atoms with Gasteiger partial charge < -0.3 is 10.0 Å². The number of rotatable bonds is 3. The Morgan fingerprint density at radius 1 is 1.60 bits per heavy atom. The van der Waals surface area contributed by atoms with Crippen molar-refractivity contribution in [3.05, 3.63) is 22.5 Å². The lowest BCUT2D eigenvalue weighted by Gasteiger charge is -2.15. The second-order valence-electron chi connectivity index (χ2n) is 5.32. The van der Waals surface area contributed by atoms with Crippen molar-refractivity contribution in [1.29, 1.82) is 0 Å². The molecule has 6 heteroatoms. The third kappa shape index (κ3) is 3.04. The summed E-state index contributed by atoms with van der Waals surface area (Å²) < 4.78 is 1.58. The van der Waals surface area contributed by atoms with Crippen LogP contribution in [0.5, 0.6) is 0 Å². The van der Waals surface area contributed by atoms with Gasteiger partial charge in [0.2, 0.25) is 5.91 Å². The van der Waals surface area contributed by atoms with Crippen LogP contribution in [0, 0.1) is 12.8 Å². The smallest absolute Gasteiger partial charge is 0.246 e. The van der Waals surface area contributed by atoms with Crippen LogP contribution in [0.2, 0.25) is 5.15 Å². The van der Waals surface area contributed by atoms with Gasteiger partial charge in [0.25, 0.3) is 0 Å². The molecule has 2 heterocycles. The Kier molecular flexibility index (Phi) is 4.50. The number of hydrogen-bond donors (Lipinski definition) is 1. The van der Waals surface area contributed by atoms with Crippen LogP contribution in [-0.2, 0) is 11.8 Å². The van der Waals surface area contributed by atoms with E-state index in [2.05, 4.69) is 5.10 Å². The first-order valence-corrected chi connectivity index (χ1v) is 7.12. The van der Waals surface area contributed by atoms with Crippen LogP contribution in [0.3, 0.4) is 0 Å². The lowest BCUT2D eigenvalue weighted by atomic mass is 10.0. The normalized spacial score (nSPS) is 20.9. The Morgan fingerprint density at radius 2 is 2.30 bits per heavy atom. The molecule has 5 nitrogen and oxygen atoms in total. The molecule has 0 aromatic carbocycles. The largest absolute Gasteiger partial charge is 0.393 e. The van der Waals surface area contributed by atoms with Gasteiger partial charge in [0.05, 0.1) is 11.8 Å². The van der Waals surface area contributed by atoms with Crippen molar-refractivity contribution in [1.82, 2.24) is 14.7 Å². The highest BCUT2D eigenvalue weighted by Gasteiger charge is 2.27. The van der Waals surface area contributed by atoms with E-state index in [1.807, 2.05) is 6.92 Å². The molecule has 1 N–H and O–H groups in total. The van der Waals surface area contributed by atoms with Crippen molar-refractivity contribution in [2.24, 2.45) is 13.0 Å². The van der Waals surface area contributed by atoms with Crippen LogP contribution in [0.25, 0.3) is 6.08 Å². The fourth-order valence-electron chi connectivity index (χ4n) is 2.48. The lowest BCUT2D eigenvalue weighted by molar-refractivity contribution is -0.125. The van der Waals surface area contributed by atoms with Crippen LogP contribution in [-0.4, -0.2) is 44.9 Å². The number of hydrogen-bond acceptors (Lipinski definition) is 3. The summed E-state index contributed by atoms with van der Waals surface area (Å²) in [5.74, 6) is 0.128. The Hall–Kier alpha value is -1.33. The highest BCUT2D eigenvalue weighted by Crippen LogP contribution is 2.22. The van der Waals surface area contributed by atoms with Gasteiger partial charge in [-0.15, -0.1) is 0 Å². The number of aliphatic hydroxyl groups is 1. The molecule has 2 unspecified atom stereocenters. The monoisotopic (exact) mass is 297 g/mol. The van der Waals surface area contributed by atoms with E-state index in [1.165, 1.54) is 6.08 Å². The average Bonchev–Trinajstić information content (AvgIpc) is 2.95. The molecule has 1 aromatic heterocycles. The molecule has 0 spiro atoms. The number of amides is 1. The van der Waals surface area contributed by atoms with Gasteiger partial charge in [-0.25, -0.2) is 0 Å². The molecule has 20 heavy (non-hydrogen) atoms. The molecular formula is C14H20ClN3O2. The van der Waals surface area contributed by atoms with Gasteiger partial charge >= 0.3 is 0 Å². The van der Waals surface area contributed by atoms with Crippen molar-refractivity contribution in [2.45, 2.75) is 26.4 Å². The number of nitrogens with zero attached hydrogens (tertiary/aromatic N) is 3. The molecule has 2 rings (SSSR count). The van der Waals surface area contributed by atoms with Crippen molar-refractivity contribution in [3.8, 4) is 0 Å². The van der Waals surface area contributed by atoms with E-state index in [9.17, 15) is 9.90 Å². The number of halogens is 1. The second-order valence-corrected chi connectivity index (χ2v) is 5.68. The van der Waals surface area contributed by atoms with Gasteiger partial charge in [0.15, 0.2) is 0 Å². The van der Waals surface area contributed by atoms with Crippen LogP contribution < -0.4 is 0 Å². The molecular weight excluding hydrogens is 278 g/mol. The minimum atomic E-state index is -0.369. The third-order valence-electron chi connectivity index (χ3n) is 3.81. The molecule has 0 bridgehead atoms. The van der Waals surface area contributed by atoms with E-state index in [4.69, 9.17) is 11.6 Å². The Bertz CT molecular complexity index is 537. The zero-order chi connectivity index (χ0) is 14.9. The maximum Gasteiger partial charge on any atom is 0.246 e. The number of likely N-dealkylation sites (tertiary alicyclic amines) is 1. The Morgan fingerprint density at radius 3 is 2.80 bits per heavy atom. The minimum Gasteiger partial charge on any atom is -0.393 e. The summed E-state index contributed by atoms with van der Waals surface area (Å²) in [5, 5.41) is 14.3. The maximum atomic E-state index is 12.1. The Balaban J connectivity index is 2.03. The molecule has 0 radical (unpaired) electrons. The van der Waals surface area contributed by atoms with E-state index >= 15 is 0 Å². The van der Waals surface area contributed by atoms with Crippen molar-refractivity contribution in [2.75, 3.05) is 13.1 Å². The summed E-state index contributed by atoms with van der Waals surface area (Å²) in [6.45, 7) is 4.93. The van der Waals surface area contributed by atoms with E-state index < -0.39 is 0 Å². The molecule has 0 aliphatic carbocycles. The first kappa shape index (κ1) is 15.1. The fourth-order valence-corrected chi connectivity index (χ4v) is 2.71. The quantitative estimate of drug-likeness (QED) is 0.863. The predicted octanol–water partition coefficient (Wildman–Crippen LogP) is 1.62. The summed E-state index contributed by atoms with van der Waals surface area (Å²) in [7, 11) is 1.77. The van der Waals surface area contributed by atoms with Gasteiger partial charge in [-0.2, -0.15) is 5.10 Å². The van der Waals surface area contributed by atoms with Crippen LogP contribution in [0.15, 0.2) is 6.08 Å². The summed E-state index contributed by atoms with van der Waals surface area (Å²) in [4.78, 5) is 13.9. The number of carbonyl (C=O) groups is 1. The average molecular weight is 298 g/mol. The third-order valence-corrected chi connectivity index (χ3v) is 4.26. The van der Waals surface area contributed by atoms with Gasteiger partial charge in [-0.05, 0) is 26.3 Å². The fraction of sp³-hybridized carbons (Fsp3) is 0.571. The zero-order valence-corrected chi connectivity index (χ0v) is 12.8. The second kappa shape index (κ2) is 5.97. The number of aliphatic hydroxyl groups excluding tert-OH is 1. The number of aryl methyl sites for hydroxylation is 2. The molecule has 110 valence electrons. The first-order chi connectivity index (χ1) is 9.40. The predicted molar refractivity (Wildman–Crippen MR) is 78.4 cm³/mol. The summed E-state index contributed by atoms with van der Waals surface area (Å²) >= 11 is 6.11. The van der Waals surface area contributed by atoms with Crippen LogP contribution in [0.4, 0.5) is 0 Å². The van der Waals surface area contributed by atoms with E-state index in [1.54, 1.807) is 29.6 Å². The van der Waals surface area contributed by atoms with Crippen molar-refractivity contribution < 1.29 is 9.90 Å². The SMILES string of the molecule is Cc1nn(C)c(Cl)c1/C=C/C(=O)N1CCC(C(C)O)C1. The summed E-state index contributed by atoms with van der Waals surface area (Å²) in [6.07, 6.45) is 3.72. The van der Waals surface area contributed by atoms with Crippen LogP contribution >= 0.6 is 11.6 Å². The summed E-state index contributed by atoms with van der Waals surface area (Å²) in [5.41, 5.74) is 1.57. The molecule has 1 amide bonds. The molecule has 1 aromatic rings. The molecule has 2 atom stereocenters. The highest BCUT2D eigenvalue weighted by molar-refractivity contribution is 6.31. The van der Waals surface area contributed by atoms with Gasteiger partial charge in [0.1, 0.15) is 5.15 Å². The minimum absolute atomic E-state index is 0.0486. The number of aromatic nitrogens is 2. The van der Waals surface area contributed by atoms with Crippen molar-refractivity contribution in [3.63, 3.8) is 0 Å².